The van der Waals surface area contributed by atoms with Gasteiger partial charge in [-0.25, -0.2) is 4.79 Å². The summed E-state index contributed by atoms with van der Waals surface area (Å²) in [6, 6.07) is 1.63. The van der Waals surface area contributed by atoms with E-state index in [1.54, 1.807) is 11.4 Å². The van der Waals surface area contributed by atoms with Gasteiger partial charge in [0.25, 0.3) is 0 Å². The third kappa shape index (κ3) is 2.42. The summed E-state index contributed by atoms with van der Waals surface area (Å²) in [4.78, 5) is 20.7. The Kier molecular flexibility index (Phi) is 3.23. The summed E-state index contributed by atoms with van der Waals surface area (Å²) in [6.07, 6.45) is 0.814. The summed E-state index contributed by atoms with van der Waals surface area (Å²) in [6.45, 7) is 0. The zero-order valence-corrected chi connectivity index (χ0v) is 7.43. The van der Waals surface area contributed by atoms with Crippen LogP contribution >= 0.6 is 11.3 Å². The van der Waals surface area contributed by atoms with Crippen LogP contribution in [0, 0.1) is 11.8 Å². The van der Waals surface area contributed by atoms with Crippen molar-refractivity contribution >= 4 is 23.6 Å². The molecule has 0 spiro atoms. The molecule has 0 bridgehead atoms. The highest BCUT2D eigenvalue weighted by atomic mass is 32.1. The van der Waals surface area contributed by atoms with E-state index < -0.39 is 5.97 Å². The largest absolute Gasteiger partial charge is 0.477 e. The van der Waals surface area contributed by atoms with Gasteiger partial charge in [0, 0.05) is 5.56 Å². The first-order valence-electron chi connectivity index (χ1n) is 3.49. The number of carboxylic acids is 1. The highest BCUT2D eigenvalue weighted by Gasteiger charge is 2.08. The van der Waals surface area contributed by atoms with Gasteiger partial charge in [-0.05, 0) is 11.4 Å². The molecule has 0 radical (unpaired) electrons. The van der Waals surface area contributed by atoms with Crippen LogP contribution in [-0.2, 0) is 4.79 Å². The molecular formula is C9H6O3S. The van der Waals surface area contributed by atoms with Gasteiger partial charge in [0.05, 0.1) is 6.42 Å². The van der Waals surface area contributed by atoms with E-state index in [9.17, 15) is 9.59 Å². The topological polar surface area (TPSA) is 54.4 Å². The van der Waals surface area contributed by atoms with E-state index in [-0.39, 0.29) is 11.3 Å². The van der Waals surface area contributed by atoms with Gasteiger partial charge in [-0.15, -0.1) is 11.3 Å². The van der Waals surface area contributed by atoms with Gasteiger partial charge >= 0.3 is 5.97 Å². The Balaban J connectivity index is 2.90. The smallest absolute Gasteiger partial charge is 0.347 e. The molecule has 1 N–H and O–H groups in total. The monoisotopic (exact) mass is 194 g/mol. The first kappa shape index (κ1) is 9.49. The number of carbonyl (C=O) groups is 2. The van der Waals surface area contributed by atoms with Crippen LogP contribution in [0.4, 0.5) is 0 Å². The third-order valence-electron chi connectivity index (χ3n) is 1.27. The SMILES string of the molecule is O=CCC#Cc1ccsc1C(=O)O. The van der Waals surface area contributed by atoms with E-state index in [0.717, 1.165) is 11.3 Å². The first-order chi connectivity index (χ1) is 6.25. The van der Waals surface area contributed by atoms with Crippen LogP contribution in [0.2, 0.25) is 0 Å². The standard InChI is InChI=1S/C9H6O3S/c10-5-2-1-3-7-4-6-13-8(7)9(11)12/h4-6H,2H2,(H,11,12). The van der Waals surface area contributed by atoms with Crippen LogP contribution in [0.3, 0.4) is 0 Å². The molecule has 0 aliphatic rings. The molecule has 0 fully saturated rings. The van der Waals surface area contributed by atoms with Crippen molar-refractivity contribution in [1.82, 2.24) is 0 Å². The lowest BCUT2D eigenvalue weighted by Crippen LogP contribution is -1.94. The summed E-state index contributed by atoms with van der Waals surface area (Å²) in [5, 5.41) is 10.3. The van der Waals surface area contributed by atoms with Crippen molar-refractivity contribution in [2.45, 2.75) is 6.42 Å². The van der Waals surface area contributed by atoms with Crippen LogP contribution in [0.5, 0.6) is 0 Å². The molecule has 0 atom stereocenters. The van der Waals surface area contributed by atoms with Crippen molar-refractivity contribution in [3.05, 3.63) is 21.9 Å². The number of hydrogen-bond acceptors (Lipinski definition) is 3. The van der Waals surface area contributed by atoms with E-state index in [4.69, 9.17) is 5.11 Å². The number of rotatable bonds is 2. The molecule has 1 rings (SSSR count). The quantitative estimate of drug-likeness (QED) is 0.571. The maximum absolute atomic E-state index is 10.6. The fourth-order valence-electron chi connectivity index (χ4n) is 0.761. The molecule has 4 heteroatoms. The van der Waals surface area contributed by atoms with E-state index in [2.05, 4.69) is 11.8 Å². The van der Waals surface area contributed by atoms with Crippen molar-refractivity contribution in [2.24, 2.45) is 0 Å². The molecule has 1 aromatic rings. The Hall–Kier alpha value is -1.60. The zero-order valence-electron chi connectivity index (χ0n) is 6.61. The maximum atomic E-state index is 10.6. The molecule has 0 aliphatic heterocycles. The fraction of sp³-hybridized carbons (Fsp3) is 0.111. The van der Waals surface area contributed by atoms with Gasteiger partial charge in [-0.1, -0.05) is 11.8 Å². The Morgan fingerprint density at radius 2 is 2.46 bits per heavy atom. The molecule has 0 saturated heterocycles. The van der Waals surface area contributed by atoms with Crippen molar-refractivity contribution in [2.75, 3.05) is 0 Å². The number of aldehydes is 1. The van der Waals surface area contributed by atoms with Crippen LogP contribution < -0.4 is 0 Å². The normalized spacial score (nSPS) is 8.62. The molecule has 0 amide bonds. The lowest BCUT2D eigenvalue weighted by molar-refractivity contribution is -0.107. The Labute approximate surface area is 79.0 Å². The van der Waals surface area contributed by atoms with Crippen LogP contribution in [0.1, 0.15) is 21.7 Å². The number of hydrogen-bond donors (Lipinski definition) is 1. The molecule has 0 unspecified atom stereocenters. The van der Waals surface area contributed by atoms with Crippen molar-refractivity contribution in [3.63, 3.8) is 0 Å². The lowest BCUT2D eigenvalue weighted by atomic mass is 10.2. The minimum Gasteiger partial charge on any atom is -0.477 e. The van der Waals surface area contributed by atoms with Gasteiger partial charge in [0.15, 0.2) is 0 Å². The highest BCUT2D eigenvalue weighted by molar-refractivity contribution is 7.12. The number of thiophene rings is 1. The van der Waals surface area contributed by atoms with Crippen molar-refractivity contribution < 1.29 is 14.7 Å². The Morgan fingerprint density at radius 1 is 1.69 bits per heavy atom. The molecule has 66 valence electrons. The van der Waals surface area contributed by atoms with Gasteiger partial charge in [0.2, 0.25) is 0 Å². The summed E-state index contributed by atoms with van der Waals surface area (Å²) >= 11 is 1.13. The summed E-state index contributed by atoms with van der Waals surface area (Å²) in [7, 11) is 0. The van der Waals surface area contributed by atoms with Gasteiger partial charge in [-0.2, -0.15) is 0 Å². The van der Waals surface area contributed by atoms with Crippen LogP contribution in [0.25, 0.3) is 0 Å². The molecule has 0 aliphatic carbocycles. The third-order valence-corrected chi connectivity index (χ3v) is 2.17. The van der Waals surface area contributed by atoms with Crippen LogP contribution in [0.15, 0.2) is 11.4 Å². The van der Waals surface area contributed by atoms with E-state index in [0.29, 0.717) is 11.8 Å². The van der Waals surface area contributed by atoms with Crippen LogP contribution in [-0.4, -0.2) is 17.4 Å². The molecule has 0 aromatic carbocycles. The number of carbonyl (C=O) groups excluding carboxylic acids is 1. The van der Waals surface area contributed by atoms with Gasteiger partial charge in [0.1, 0.15) is 11.2 Å². The number of carboxylic acid groups (broad SMARTS) is 1. The van der Waals surface area contributed by atoms with Gasteiger partial charge < -0.3 is 9.90 Å². The fourth-order valence-corrected chi connectivity index (χ4v) is 1.45. The van der Waals surface area contributed by atoms with Crippen molar-refractivity contribution in [3.8, 4) is 11.8 Å². The second-order valence-corrected chi connectivity index (χ2v) is 3.06. The predicted molar refractivity (Wildman–Crippen MR) is 48.8 cm³/mol. The average Bonchev–Trinajstić information content (AvgIpc) is 2.53. The molecule has 0 saturated carbocycles. The van der Waals surface area contributed by atoms with E-state index in [1.807, 2.05) is 0 Å². The molecule has 1 aromatic heterocycles. The summed E-state index contributed by atoms with van der Waals surface area (Å²) < 4.78 is 0. The van der Waals surface area contributed by atoms with Crippen molar-refractivity contribution in [1.29, 1.82) is 0 Å². The Bertz CT molecular complexity index is 381. The summed E-state index contributed by atoms with van der Waals surface area (Å²) in [5.74, 6) is 4.20. The molecule has 13 heavy (non-hydrogen) atoms. The van der Waals surface area contributed by atoms with Gasteiger partial charge in [-0.3, -0.25) is 0 Å². The molecule has 3 nitrogen and oxygen atoms in total. The second kappa shape index (κ2) is 4.43. The summed E-state index contributed by atoms with van der Waals surface area (Å²) in [5.41, 5.74) is 0.472. The predicted octanol–water partition coefficient (Wildman–Crippen LogP) is 1.39. The maximum Gasteiger partial charge on any atom is 0.347 e. The highest BCUT2D eigenvalue weighted by Crippen LogP contribution is 2.15. The first-order valence-corrected chi connectivity index (χ1v) is 4.37. The second-order valence-electron chi connectivity index (χ2n) is 2.14. The zero-order chi connectivity index (χ0) is 9.68. The molecular weight excluding hydrogens is 188 g/mol. The average molecular weight is 194 g/mol. The number of aromatic carboxylic acids is 1. The van der Waals surface area contributed by atoms with E-state index in [1.165, 1.54) is 0 Å². The Morgan fingerprint density at radius 3 is 3.08 bits per heavy atom. The molecule has 1 heterocycles. The minimum atomic E-state index is -0.981. The van der Waals surface area contributed by atoms with E-state index >= 15 is 0 Å². The lowest BCUT2D eigenvalue weighted by Gasteiger charge is -1.86. The minimum absolute atomic E-state index is 0.134.